The van der Waals surface area contributed by atoms with E-state index in [4.69, 9.17) is 9.84 Å². The van der Waals surface area contributed by atoms with Gasteiger partial charge in [-0.15, -0.1) is 11.3 Å². The van der Waals surface area contributed by atoms with Gasteiger partial charge in [-0.25, -0.2) is 9.59 Å². The van der Waals surface area contributed by atoms with Gasteiger partial charge in [0.05, 0.1) is 12.2 Å². The van der Waals surface area contributed by atoms with Crippen LogP contribution in [0.2, 0.25) is 0 Å². The molecule has 2 aromatic rings. The molecule has 28 heavy (non-hydrogen) atoms. The third kappa shape index (κ3) is 4.09. The van der Waals surface area contributed by atoms with Gasteiger partial charge in [-0.05, 0) is 51.2 Å². The second-order valence-electron chi connectivity index (χ2n) is 6.64. The quantitative estimate of drug-likeness (QED) is 0.564. The predicted molar refractivity (Wildman–Crippen MR) is 104 cm³/mol. The fourth-order valence-corrected chi connectivity index (χ4v) is 4.48. The summed E-state index contributed by atoms with van der Waals surface area (Å²) in [5.41, 5.74) is 1.50. The summed E-state index contributed by atoms with van der Waals surface area (Å²) >= 11 is 1.41. The molecule has 0 fully saturated rings. The third-order valence-electron chi connectivity index (χ3n) is 4.72. The lowest BCUT2D eigenvalue weighted by molar-refractivity contribution is -0.140. The molecule has 1 unspecified atom stereocenters. The van der Waals surface area contributed by atoms with E-state index < -0.39 is 23.9 Å². The van der Waals surface area contributed by atoms with E-state index in [1.165, 1.54) is 35.2 Å². The number of aliphatic carboxylic acids is 1. The van der Waals surface area contributed by atoms with Crippen LogP contribution < -0.4 is 5.32 Å². The van der Waals surface area contributed by atoms with Crippen molar-refractivity contribution in [2.75, 3.05) is 11.9 Å². The smallest absolute Gasteiger partial charge is 0.341 e. The first-order valence-electron chi connectivity index (χ1n) is 9.33. The maximum atomic E-state index is 12.7. The number of nitrogens with zero attached hydrogens (tertiary/aromatic N) is 2. The number of carbonyl (C=O) groups excluding carboxylic acids is 2. The van der Waals surface area contributed by atoms with Crippen molar-refractivity contribution in [2.45, 2.75) is 52.0 Å². The monoisotopic (exact) mass is 405 g/mol. The van der Waals surface area contributed by atoms with E-state index in [1.807, 2.05) is 0 Å². The molecule has 1 atom stereocenters. The number of carboxylic acid groups (broad SMARTS) is 1. The van der Waals surface area contributed by atoms with Crippen LogP contribution in [0.25, 0.3) is 0 Å². The largest absolute Gasteiger partial charge is 0.480 e. The van der Waals surface area contributed by atoms with Crippen LogP contribution in [-0.4, -0.2) is 39.3 Å². The zero-order chi connectivity index (χ0) is 20.3. The van der Waals surface area contributed by atoms with Crippen LogP contribution >= 0.6 is 11.3 Å². The van der Waals surface area contributed by atoms with Crippen LogP contribution in [0, 0.1) is 0 Å². The Morgan fingerprint density at radius 2 is 2.07 bits per heavy atom. The van der Waals surface area contributed by atoms with Crippen molar-refractivity contribution >= 4 is 34.2 Å². The molecular weight excluding hydrogens is 382 g/mol. The molecule has 0 saturated carbocycles. The Bertz CT molecular complexity index is 902. The third-order valence-corrected chi connectivity index (χ3v) is 5.93. The van der Waals surface area contributed by atoms with E-state index in [1.54, 1.807) is 6.92 Å². The van der Waals surface area contributed by atoms with Gasteiger partial charge >= 0.3 is 11.9 Å². The topological polar surface area (TPSA) is 111 Å². The minimum atomic E-state index is -1.04. The number of nitrogens with one attached hydrogen (secondary N) is 1. The highest BCUT2D eigenvalue weighted by Crippen LogP contribution is 2.38. The van der Waals surface area contributed by atoms with Crippen molar-refractivity contribution in [3.05, 3.63) is 34.0 Å². The number of carboxylic acids is 1. The van der Waals surface area contributed by atoms with Crippen LogP contribution in [0.4, 0.5) is 5.00 Å². The van der Waals surface area contributed by atoms with Crippen LogP contribution in [0.5, 0.6) is 0 Å². The lowest BCUT2D eigenvalue weighted by Crippen LogP contribution is -2.19. The second kappa shape index (κ2) is 8.55. The average Bonchev–Trinajstić information content (AvgIpc) is 3.20. The van der Waals surface area contributed by atoms with Gasteiger partial charge in [0.1, 0.15) is 11.0 Å². The van der Waals surface area contributed by atoms with Crippen molar-refractivity contribution in [1.29, 1.82) is 0 Å². The van der Waals surface area contributed by atoms with Crippen LogP contribution in [0.1, 0.15) is 70.4 Å². The standard InChI is InChI=1S/C19H23N3O5S/c1-3-27-19(26)15-12-7-5-4-6-8-14(12)28-17(15)20-16(23)13-9-10-22(21-13)11(2)18(24)25/h9-11H,3-8H2,1-2H3,(H,20,23)(H,24,25). The SMILES string of the molecule is CCOC(=O)c1c(NC(=O)c2ccn(C(C)C(=O)O)n2)sc2c1CCCCC2. The Labute approximate surface area is 166 Å². The normalized spacial score (nSPS) is 14.6. The number of rotatable bonds is 6. The number of amides is 1. The summed E-state index contributed by atoms with van der Waals surface area (Å²) in [6, 6.07) is 0.576. The molecule has 0 aromatic carbocycles. The first kappa shape index (κ1) is 20.1. The molecule has 150 valence electrons. The molecule has 9 heteroatoms. The molecule has 0 radical (unpaired) electrons. The van der Waals surface area contributed by atoms with Gasteiger partial charge in [-0.1, -0.05) is 6.42 Å². The Balaban J connectivity index is 1.88. The molecule has 8 nitrogen and oxygen atoms in total. The number of hydrogen-bond donors (Lipinski definition) is 2. The van der Waals surface area contributed by atoms with E-state index in [-0.39, 0.29) is 12.3 Å². The summed E-state index contributed by atoms with van der Waals surface area (Å²) in [4.78, 5) is 37.4. The molecule has 0 bridgehead atoms. The maximum Gasteiger partial charge on any atom is 0.341 e. The Kier molecular flexibility index (Phi) is 6.13. The van der Waals surface area contributed by atoms with Gasteiger partial charge in [0, 0.05) is 11.1 Å². The Morgan fingerprint density at radius 1 is 1.32 bits per heavy atom. The van der Waals surface area contributed by atoms with E-state index in [0.29, 0.717) is 10.6 Å². The van der Waals surface area contributed by atoms with Crippen LogP contribution in [0.3, 0.4) is 0 Å². The minimum absolute atomic E-state index is 0.0894. The molecule has 3 rings (SSSR count). The summed E-state index contributed by atoms with van der Waals surface area (Å²) in [5, 5.41) is 16.4. The highest BCUT2D eigenvalue weighted by molar-refractivity contribution is 7.17. The summed E-state index contributed by atoms with van der Waals surface area (Å²) in [7, 11) is 0. The summed E-state index contributed by atoms with van der Waals surface area (Å²) in [6.07, 6.45) is 6.30. The summed E-state index contributed by atoms with van der Waals surface area (Å²) in [5.74, 6) is -1.96. The predicted octanol–water partition coefficient (Wildman–Crippen LogP) is 3.29. The van der Waals surface area contributed by atoms with E-state index in [0.717, 1.165) is 42.5 Å². The van der Waals surface area contributed by atoms with Crippen molar-refractivity contribution < 1.29 is 24.2 Å². The molecule has 1 amide bonds. The molecule has 2 heterocycles. The lowest BCUT2D eigenvalue weighted by atomic mass is 10.1. The highest BCUT2D eigenvalue weighted by Gasteiger charge is 2.27. The summed E-state index contributed by atoms with van der Waals surface area (Å²) < 4.78 is 6.43. The van der Waals surface area contributed by atoms with Gasteiger partial charge < -0.3 is 15.2 Å². The number of aryl methyl sites for hydroxylation is 1. The Hall–Kier alpha value is -2.68. The number of thiophene rings is 1. The molecule has 1 aliphatic rings. The highest BCUT2D eigenvalue weighted by atomic mass is 32.1. The van der Waals surface area contributed by atoms with Crippen LogP contribution in [0.15, 0.2) is 12.3 Å². The van der Waals surface area contributed by atoms with Gasteiger partial charge in [-0.3, -0.25) is 9.48 Å². The zero-order valence-corrected chi connectivity index (χ0v) is 16.7. The number of aromatic nitrogens is 2. The molecule has 2 aromatic heterocycles. The Morgan fingerprint density at radius 3 is 2.79 bits per heavy atom. The van der Waals surface area contributed by atoms with Gasteiger partial charge in [-0.2, -0.15) is 5.10 Å². The molecule has 1 aliphatic carbocycles. The second-order valence-corrected chi connectivity index (χ2v) is 7.74. The number of carbonyl (C=O) groups is 3. The van der Waals surface area contributed by atoms with Gasteiger partial charge in [0.25, 0.3) is 5.91 Å². The molecule has 0 spiro atoms. The lowest BCUT2D eigenvalue weighted by Gasteiger charge is -2.08. The van der Waals surface area contributed by atoms with Gasteiger partial charge in [0.2, 0.25) is 0 Å². The number of esters is 1. The van der Waals surface area contributed by atoms with E-state index in [9.17, 15) is 14.4 Å². The summed E-state index contributed by atoms with van der Waals surface area (Å²) in [6.45, 7) is 3.48. The van der Waals surface area contributed by atoms with Crippen molar-refractivity contribution in [3.63, 3.8) is 0 Å². The minimum Gasteiger partial charge on any atom is -0.480 e. The van der Waals surface area contributed by atoms with E-state index in [2.05, 4.69) is 10.4 Å². The average molecular weight is 405 g/mol. The zero-order valence-electron chi connectivity index (χ0n) is 15.9. The number of ether oxygens (including phenoxy) is 1. The molecular formula is C19H23N3O5S. The van der Waals surface area contributed by atoms with Crippen LogP contribution in [-0.2, 0) is 22.4 Å². The molecule has 2 N–H and O–H groups in total. The van der Waals surface area contributed by atoms with Crippen molar-refractivity contribution in [3.8, 4) is 0 Å². The fraction of sp³-hybridized carbons (Fsp3) is 0.474. The van der Waals surface area contributed by atoms with Crippen molar-refractivity contribution in [1.82, 2.24) is 9.78 Å². The number of fused-ring (bicyclic) bond motifs is 1. The number of hydrogen-bond acceptors (Lipinski definition) is 6. The molecule has 0 aliphatic heterocycles. The first-order chi connectivity index (χ1) is 13.4. The van der Waals surface area contributed by atoms with Crippen molar-refractivity contribution in [2.24, 2.45) is 0 Å². The fourth-order valence-electron chi connectivity index (χ4n) is 3.21. The number of anilines is 1. The van der Waals surface area contributed by atoms with E-state index >= 15 is 0 Å². The maximum absolute atomic E-state index is 12.7. The molecule has 0 saturated heterocycles. The first-order valence-corrected chi connectivity index (χ1v) is 10.1. The van der Waals surface area contributed by atoms with Gasteiger partial charge in [0.15, 0.2) is 5.69 Å².